The predicted molar refractivity (Wildman–Crippen MR) is 62.6 cm³/mol. The lowest BCUT2D eigenvalue weighted by atomic mass is 10.1. The monoisotopic (exact) mass is 266 g/mol. The van der Waals surface area contributed by atoms with Gasteiger partial charge in [-0.1, -0.05) is 6.58 Å². The highest BCUT2D eigenvalue weighted by Crippen LogP contribution is 2.58. The fourth-order valence-corrected chi connectivity index (χ4v) is 2.81. The number of rotatable bonds is 7. The molecule has 0 saturated carbocycles. The van der Waals surface area contributed by atoms with Crippen LogP contribution in [0.2, 0.25) is 0 Å². The van der Waals surface area contributed by atoms with Crippen LogP contribution in [0.15, 0.2) is 11.9 Å². The normalized spacial score (nSPS) is 15.1. The first-order chi connectivity index (χ1) is 7.76. The molecule has 1 atom stereocenters. The summed E-state index contributed by atoms with van der Waals surface area (Å²) < 4.78 is 26.6. The van der Waals surface area contributed by atoms with Crippen molar-refractivity contribution in [3.63, 3.8) is 0 Å². The highest BCUT2D eigenvalue weighted by molar-refractivity contribution is 7.58. The van der Waals surface area contributed by atoms with E-state index in [0.717, 1.165) is 14.0 Å². The smallest absolute Gasteiger partial charge is 0.360 e. The van der Waals surface area contributed by atoms with E-state index in [-0.39, 0.29) is 18.5 Å². The highest BCUT2D eigenvalue weighted by atomic mass is 31.2. The van der Waals surface area contributed by atoms with Crippen LogP contribution >= 0.6 is 7.60 Å². The Morgan fingerprint density at radius 1 is 1.35 bits per heavy atom. The molecule has 100 valence electrons. The van der Waals surface area contributed by atoms with E-state index in [1.165, 1.54) is 0 Å². The fraction of sp³-hybridized carbons (Fsp3) is 0.700. The molecule has 0 rings (SSSR count). The predicted octanol–water partition coefficient (Wildman–Crippen LogP) is 1.69. The summed E-state index contributed by atoms with van der Waals surface area (Å²) in [6.45, 7) is 8.01. The number of carbonyl (C=O) groups is 1. The van der Waals surface area contributed by atoms with Gasteiger partial charge in [0.15, 0.2) is 5.60 Å². The summed E-state index contributed by atoms with van der Waals surface area (Å²) in [7, 11) is -2.64. The molecular formula is C10H19O6P. The van der Waals surface area contributed by atoms with Crippen LogP contribution in [0.5, 0.6) is 0 Å². The molecule has 0 aromatic rings. The van der Waals surface area contributed by atoms with Crippen LogP contribution in [0.1, 0.15) is 20.8 Å². The van der Waals surface area contributed by atoms with Gasteiger partial charge in [-0.05, 0) is 20.8 Å². The Bertz CT molecular complexity index is 326. The third-order valence-corrected chi connectivity index (χ3v) is 4.37. The Balaban J connectivity index is 5.22. The lowest BCUT2D eigenvalue weighted by Crippen LogP contribution is -2.38. The molecule has 0 aromatic carbocycles. The molecule has 0 spiro atoms. The molecule has 0 amide bonds. The molecule has 17 heavy (non-hydrogen) atoms. The minimum atomic E-state index is -3.74. The zero-order valence-corrected chi connectivity index (χ0v) is 11.5. The second-order valence-corrected chi connectivity index (χ2v) is 5.39. The van der Waals surface area contributed by atoms with Gasteiger partial charge in [-0.25, -0.2) is 4.79 Å². The van der Waals surface area contributed by atoms with Crippen molar-refractivity contribution in [3.05, 3.63) is 11.9 Å². The van der Waals surface area contributed by atoms with Crippen molar-refractivity contribution in [1.82, 2.24) is 0 Å². The van der Waals surface area contributed by atoms with Gasteiger partial charge in [0.05, 0.1) is 25.6 Å². The summed E-state index contributed by atoms with van der Waals surface area (Å²) in [5, 5.41) is 9.60. The maximum atomic E-state index is 12.3. The number of hydrogen-bond donors (Lipinski definition) is 1. The maximum absolute atomic E-state index is 12.3. The average Bonchev–Trinajstić information content (AvgIpc) is 2.27. The number of aliphatic hydroxyl groups is 1. The number of hydrogen-bond acceptors (Lipinski definition) is 6. The lowest BCUT2D eigenvalue weighted by molar-refractivity contribution is -0.156. The van der Waals surface area contributed by atoms with Gasteiger partial charge in [-0.15, -0.1) is 0 Å². The van der Waals surface area contributed by atoms with Gasteiger partial charge in [-0.3, -0.25) is 4.57 Å². The van der Waals surface area contributed by atoms with E-state index in [1.807, 2.05) is 0 Å². The number of esters is 1. The summed E-state index contributed by atoms with van der Waals surface area (Å²) in [5.74, 6) is -0.970. The van der Waals surface area contributed by atoms with Crippen LogP contribution in [0.25, 0.3) is 0 Å². The molecule has 0 aliphatic heterocycles. The Hall–Kier alpha value is -0.680. The van der Waals surface area contributed by atoms with Crippen LogP contribution in [-0.4, -0.2) is 37.0 Å². The SMILES string of the molecule is C=C(C(C)(O)C(=O)OC)P(=O)(OCC)OCC. The third kappa shape index (κ3) is 3.64. The van der Waals surface area contributed by atoms with Gasteiger partial charge in [0.1, 0.15) is 0 Å². The van der Waals surface area contributed by atoms with E-state index in [4.69, 9.17) is 9.05 Å². The first-order valence-corrected chi connectivity index (χ1v) is 6.70. The van der Waals surface area contributed by atoms with E-state index >= 15 is 0 Å². The van der Waals surface area contributed by atoms with Crippen molar-refractivity contribution < 1.29 is 28.3 Å². The molecule has 0 fully saturated rings. The summed E-state index contributed by atoms with van der Waals surface area (Å²) in [6.07, 6.45) is 0. The van der Waals surface area contributed by atoms with Crippen LogP contribution in [0.3, 0.4) is 0 Å². The summed E-state index contributed by atoms with van der Waals surface area (Å²) in [6, 6.07) is 0. The third-order valence-electron chi connectivity index (χ3n) is 2.07. The van der Waals surface area contributed by atoms with E-state index in [9.17, 15) is 14.5 Å². The molecule has 0 aromatic heterocycles. The number of ether oxygens (including phenoxy) is 1. The number of methoxy groups -OCH3 is 1. The van der Waals surface area contributed by atoms with Crippen LogP contribution in [0.4, 0.5) is 0 Å². The van der Waals surface area contributed by atoms with E-state index in [2.05, 4.69) is 11.3 Å². The van der Waals surface area contributed by atoms with Gasteiger partial charge < -0.3 is 18.9 Å². The molecule has 0 aliphatic rings. The van der Waals surface area contributed by atoms with Gasteiger partial charge >= 0.3 is 13.6 Å². The number of carbonyl (C=O) groups excluding carboxylic acids is 1. The molecule has 7 heteroatoms. The van der Waals surface area contributed by atoms with Crippen molar-refractivity contribution in [2.24, 2.45) is 0 Å². The van der Waals surface area contributed by atoms with Gasteiger partial charge in [0.2, 0.25) is 0 Å². The summed E-state index contributed by atoms with van der Waals surface area (Å²) in [4.78, 5) is 11.4. The van der Waals surface area contributed by atoms with E-state index < -0.39 is 19.2 Å². The highest BCUT2D eigenvalue weighted by Gasteiger charge is 2.46. The van der Waals surface area contributed by atoms with Crippen molar-refractivity contribution in [3.8, 4) is 0 Å². The van der Waals surface area contributed by atoms with Gasteiger partial charge in [0, 0.05) is 0 Å². The molecule has 1 N–H and O–H groups in total. The molecule has 0 heterocycles. The van der Waals surface area contributed by atoms with Gasteiger partial charge in [-0.2, -0.15) is 0 Å². The maximum Gasteiger partial charge on any atom is 0.360 e. The zero-order chi connectivity index (χ0) is 13.7. The van der Waals surface area contributed by atoms with E-state index in [0.29, 0.717) is 0 Å². The topological polar surface area (TPSA) is 82.1 Å². The molecule has 0 saturated heterocycles. The quantitative estimate of drug-likeness (QED) is 0.557. The molecule has 0 radical (unpaired) electrons. The van der Waals surface area contributed by atoms with Crippen molar-refractivity contribution in [2.45, 2.75) is 26.4 Å². The largest absolute Gasteiger partial charge is 0.467 e. The van der Waals surface area contributed by atoms with Crippen LogP contribution < -0.4 is 0 Å². The second-order valence-electron chi connectivity index (χ2n) is 3.34. The fourth-order valence-electron chi connectivity index (χ4n) is 1.12. The van der Waals surface area contributed by atoms with Crippen LogP contribution in [-0.2, 0) is 23.1 Å². The molecule has 0 bridgehead atoms. The summed E-state index contributed by atoms with van der Waals surface area (Å²) >= 11 is 0. The first kappa shape index (κ1) is 16.3. The lowest BCUT2D eigenvalue weighted by Gasteiger charge is -2.27. The molecule has 1 unspecified atom stereocenters. The van der Waals surface area contributed by atoms with Gasteiger partial charge in [0.25, 0.3) is 0 Å². The van der Waals surface area contributed by atoms with E-state index in [1.54, 1.807) is 13.8 Å². The van der Waals surface area contributed by atoms with Crippen molar-refractivity contribution in [1.29, 1.82) is 0 Å². The molecule has 6 nitrogen and oxygen atoms in total. The summed E-state index contributed by atoms with van der Waals surface area (Å²) in [5.41, 5.74) is -2.12. The van der Waals surface area contributed by atoms with Crippen LogP contribution in [0, 0.1) is 0 Å². The Labute approximate surface area is 101 Å². The Kier molecular flexibility index (Phi) is 6.05. The molecular weight excluding hydrogens is 247 g/mol. The second kappa shape index (κ2) is 6.31. The zero-order valence-electron chi connectivity index (χ0n) is 10.6. The van der Waals surface area contributed by atoms with Crippen molar-refractivity contribution >= 4 is 13.6 Å². The standard InChI is InChI=1S/C10H19O6P/c1-6-15-17(13,16-7-2)8(3)10(4,12)9(11)14-5/h12H,3,6-7H2,1-2,4-5H3. The minimum Gasteiger partial charge on any atom is -0.467 e. The van der Waals surface area contributed by atoms with Crippen molar-refractivity contribution in [2.75, 3.05) is 20.3 Å². The minimum absolute atomic E-state index is 0.105. The molecule has 0 aliphatic carbocycles. The average molecular weight is 266 g/mol. The Morgan fingerprint density at radius 3 is 2.06 bits per heavy atom. The first-order valence-electron chi connectivity index (χ1n) is 5.16. The Morgan fingerprint density at radius 2 is 1.76 bits per heavy atom.